The second-order valence-electron chi connectivity index (χ2n) is 5.85. The van der Waals surface area contributed by atoms with Crippen LogP contribution in [0.4, 0.5) is 0 Å². The molecule has 2 N–H and O–H groups in total. The van der Waals surface area contributed by atoms with Crippen molar-refractivity contribution in [2.75, 3.05) is 0 Å². The summed E-state index contributed by atoms with van der Waals surface area (Å²) in [5.74, 6) is 0.832. The highest BCUT2D eigenvalue weighted by Crippen LogP contribution is 2.26. The second kappa shape index (κ2) is 6.14. The van der Waals surface area contributed by atoms with Crippen molar-refractivity contribution in [2.45, 2.75) is 64.1 Å². The Bertz CT molecular complexity index is 457. The lowest BCUT2D eigenvalue weighted by Gasteiger charge is -2.29. The van der Waals surface area contributed by atoms with Crippen LogP contribution in [0.15, 0.2) is 4.52 Å². The number of fused-ring (bicyclic) bond motifs is 2. The lowest BCUT2D eigenvalue weighted by atomic mass is 9.99. The summed E-state index contributed by atoms with van der Waals surface area (Å²) in [6.07, 6.45) is 5.00. The topological polar surface area (TPSA) is 67.2 Å². The van der Waals surface area contributed by atoms with Crippen LogP contribution in [0, 0.1) is 13.8 Å². The lowest BCUT2D eigenvalue weighted by Crippen LogP contribution is -2.48. The Morgan fingerprint density at radius 1 is 1.35 bits per heavy atom. The van der Waals surface area contributed by atoms with Crippen LogP contribution in [0.25, 0.3) is 0 Å². The molecule has 2 unspecified atom stereocenters. The summed E-state index contributed by atoms with van der Waals surface area (Å²) in [6, 6.07) is 1.53. The van der Waals surface area contributed by atoms with E-state index in [4.69, 9.17) is 4.52 Å². The van der Waals surface area contributed by atoms with Gasteiger partial charge in [-0.3, -0.25) is 4.79 Å². The number of carbonyl (C=O) groups excluding carboxylic acids is 1. The fourth-order valence-corrected chi connectivity index (χ4v) is 3.37. The van der Waals surface area contributed by atoms with Gasteiger partial charge < -0.3 is 15.2 Å². The van der Waals surface area contributed by atoms with Gasteiger partial charge in [0.1, 0.15) is 5.76 Å². The summed E-state index contributed by atoms with van der Waals surface area (Å²) in [7, 11) is 0. The number of aryl methyl sites for hydroxylation is 2. The number of hydrogen-bond acceptors (Lipinski definition) is 4. The number of nitrogens with zero attached hydrogens (tertiary/aromatic N) is 1. The van der Waals surface area contributed by atoms with Gasteiger partial charge in [-0.25, -0.2) is 0 Å². The van der Waals surface area contributed by atoms with Crippen LogP contribution in [0.3, 0.4) is 0 Å². The van der Waals surface area contributed by atoms with E-state index < -0.39 is 0 Å². The summed E-state index contributed by atoms with van der Waals surface area (Å²) in [5.41, 5.74) is 1.74. The van der Waals surface area contributed by atoms with Gasteiger partial charge in [0.25, 0.3) is 0 Å². The first-order chi connectivity index (χ1) is 9.11. The average Bonchev–Trinajstić information content (AvgIpc) is 2.86. The van der Waals surface area contributed by atoms with E-state index in [0.717, 1.165) is 29.9 Å². The molecule has 0 saturated carbocycles. The van der Waals surface area contributed by atoms with Gasteiger partial charge >= 0.3 is 0 Å². The largest absolute Gasteiger partial charge is 0.361 e. The van der Waals surface area contributed by atoms with Crippen molar-refractivity contribution in [3.63, 3.8) is 0 Å². The monoisotopic (exact) mass is 299 g/mol. The molecule has 0 aromatic carbocycles. The highest BCUT2D eigenvalue weighted by Gasteiger charge is 2.34. The number of amides is 1. The third-order valence-electron chi connectivity index (χ3n) is 4.36. The van der Waals surface area contributed by atoms with Crippen LogP contribution in [0.1, 0.15) is 42.7 Å². The van der Waals surface area contributed by atoms with Gasteiger partial charge in [-0.15, -0.1) is 12.4 Å². The molecule has 0 spiro atoms. The molecule has 2 bridgehead atoms. The van der Waals surface area contributed by atoms with Gasteiger partial charge in [0.05, 0.1) is 12.1 Å². The van der Waals surface area contributed by atoms with Gasteiger partial charge in [-0.05, 0) is 39.5 Å². The Balaban J connectivity index is 0.00000147. The molecule has 2 saturated heterocycles. The highest BCUT2D eigenvalue weighted by molar-refractivity contribution is 5.85. The number of carbonyl (C=O) groups is 1. The second-order valence-corrected chi connectivity index (χ2v) is 5.85. The van der Waals surface area contributed by atoms with Crippen molar-refractivity contribution in [1.82, 2.24) is 15.8 Å². The van der Waals surface area contributed by atoms with Gasteiger partial charge in [0.2, 0.25) is 5.91 Å². The fraction of sp³-hybridized carbons (Fsp3) is 0.714. The molecule has 1 aromatic heterocycles. The van der Waals surface area contributed by atoms with E-state index in [2.05, 4.69) is 15.8 Å². The van der Waals surface area contributed by atoms with Crippen molar-refractivity contribution < 1.29 is 9.32 Å². The lowest BCUT2D eigenvalue weighted by molar-refractivity contribution is -0.121. The smallest absolute Gasteiger partial charge is 0.224 e. The van der Waals surface area contributed by atoms with E-state index in [1.807, 2.05) is 13.8 Å². The van der Waals surface area contributed by atoms with E-state index in [1.165, 1.54) is 12.8 Å². The number of aromatic nitrogens is 1. The Labute approximate surface area is 125 Å². The Hall–Kier alpha value is -1.07. The SMILES string of the molecule is Cc1noc(C)c1CC(=O)NC1CC2CCC(C1)N2.Cl. The molecule has 2 aliphatic heterocycles. The number of rotatable bonds is 3. The fourth-order valence-electron chi connectivity index (χ4n) is 3.37. The number of hydrogen-bond donors (Lipinski definition) is 2. The maximum atomic E-state index is 12.1. The molecule has 6 heteroatoms. The number of piperidine rings is 1. The molecule has 20 heavy (non-hydrogen) atoms. The molecule has 3 heterocycles. The zero-order valence-corrected chi connectivity index (χ0v) is 12.8. The van der Waals surface area contributed by atoms with Crippen LogP contribution in [0.5, 0.6) is 0 Å². The van der Waals surface area contributed by atoms with E-state index >= 15 is 0 Å². The summed E-state index contributed by atoms with van der Waals surface area (Å²) in [4.78, 5) is 12.1. The third-order valence-corrected chi connectivity index (χ3v) is 4.36. The highest BCUT2D eigenvalue weighted by atomic mass is 35.5. The van der Waals surface area contributed by atoms with Gasteiger partial charge in [0, 0.05) is 23.7 Å². The maximum Gasteiger partial charge on any atom is 0.224 e. The minimum absolute atomic E-state index is 0. The van der Waals surface area contributed by atoms with Gasteiger partial charge in [-0.1, -0.05) is 5.16 Å². The molecule has 5 nitrogen and oxygen atoms in total. The molecule has 2 aliphatic rings. The van der Waals surface area contributed by atoms with Crippen molar-refractivity contribution in [1.29, 1.82) is 0 Å². The standard InChI is InChI=1S/C14H21N3O2.ClH/c1-8-13(9(2)19-17-8)7-14(18)16-12-5-10-3-4-11(6-12)15-10;/h10-12,15H,3-7H2,1-2H3,(H,16,18);1H. The normalized spacial score (nSPS) is 28.0. The van der Waals surface area contributed by atoms with Crippen molar-refractivity contribution in [3.05, 3.63) is 17.0 Å². The number of nitrogens with one attached hydrogen (secondary N) is 2. The molecular formula is C14H22ClN3O2. The van der Waals surface area contributed by atoms with Crippen LogP contribution in [0.2, 0.25) is 0 Å². The Kier molecular flexibility index (Phi) is 4.70. The minimum atomic E-state index is 0. The van der Waals surface area contributed by atoms with Gasteiger partial charge in [0.15, 0.2) is 0 Å². The predicted octanol–water partition coefficient (Wildman–Crippen LogP) is 1.65. The molecule has 112 valence electrons. The molecule has 0 radical (unpaired) electrons. The first-order valence-corrected chi connectivity index (χ1v) is 7.09. The van der Waals surface area contributed by atoms with Crippen LogP contribution < -0.4 is 10.6 Å². The van der Waals surface area contributed by atoms with E-state index in [-0.39, 0.29) is 18.3 Å². The van der Waals surface area contributed by atoms with Crippen molar-refractivity contribution in [3.8, 4) is 0 Å². The predicted molar refractivity (Wildman–Crippen MR) is 78.0 cm³/mol. The third kappa shape index (κ3) is 3.15. The summed E-state index contributed by atoms with van der Waals surface area (Å²) >= 11 is 0. The van der Waals surface area contributed by atoms with Crippen LogP contribution >= 0.6 is 12.4 Å². The van der Waals surface area contributed by atoms with Crippen LogP contribution in [-0.4, -0.2) is 29.2 Å². The molecular weight excluding hydrogens is 278 g/mol. The first-order valence-electron chi connectivity index (χ1n) is 7.09. The van der Waals surface area contributed by atoms with Crippen molar-refractivity contribution >= 4 is 18.3 Å². The molecule has 0 aliphatic carbocycles. The van der Waals surface area contributed by atoms with Gasteiger partial charge in [-0.2, -0.15) is 0 Å². The Morgan fingerprint density at radius 2 is 2.00 bits per heavy atom. The maximum absolute atomic E-state index is 12.1. The number of halogens is 1. The van der Waals surface area contributed by atoms with Crippen molar-refractivity contribution in [2.24, 2.45) is 0 Å². The van der Waals surface area contributed by atoms with Crippen LogP contribution in [-0.2, 0) is 11.2 Å². The molecule has 2 atom stereocenters. The van der Waals surface area contributed by atoms with E-state index in [1.54, 1.807) is 0 Å². The van der Waals surface area contributed by atoms with E-state index in [9.17, 15) is 4.79 Å². The zero-order chi connectivity index (χ0) is 13.4. The summed E-state index contributed by atoms with van der Waals surface area (Å²) in [6.45, 7) is 3.73. The Morgan fingerprint density at radius 3 is 2.55 bits per heavy atom. The molecule has 3 rings (SSSR count). The molecule has 2 fully saturated rings. The molecule has 1 amide bonds. The zero-order valence-electron chi connectivity index (χ0n) is 11.9. The van der Waals surface area contributed by atoms with E-state index in [0.29, 0.717) is 24.5 Å². The first kappa shape index (κ1) is 15.3. The molecule has 1 aromatic rings. The quantitative estimate of drug-likeness (QED) is 0.891. The summed E-state index contributed by atoms with van der Waals surface area (Å²) in [5, 5.41) is 10.6. The minimum Gasteiger partial charge on any atom is -0.361 e. The summed E-state index contributed by atoms with van der Waals surface area (Å²) < 4.78 is 5.09. The average molecular weight is 300 g/mol.